The fraction of sp³-hybridized carbons (Fsp3) is 0.385. The number of hydrogen-bond acceptors (Lipinski definition) is 5. The predicted molar refractivity (Wildman–Crippen MR) is 76.8 cm³/mol. The molecule has 1 atom stereocenters. The lowest BCUT2D eigenvalue weighted by Gasteiger charge is -2.35. The van der Waals surface area contributed by atoms with Crippen molar-refractivity contribution in [3.63, 3.8) is 0 Å². The highest BCUT2D eigenvalue weighted by Gasteiger charge is 2.28. The fourth-order valence-electron chi connectivity index (χ4n) is 2.37. The summed E-state index contributed by atoms with van der Waals surface area (Å²) in [5, 5.41) is 0. The zero-order chi connectivity index (χ0) is 13.4. The Morgan fingerprint density at radius 3 is 2.72 bits per heavy atom. The molecule has 5 heteroatoms. The topological polar surface area (TPSA) is 80.5 Å². The summed E-state index contributed by atoms with van der Waals surface area (Å²) >= 11 is 0. The van der Waals surface area contributed by atoms with Crippen molar-refractivity contribution < 1.29 is 0 Å². The van der Waals surface area contributed by atoms with Crippen LogP contribution < -0.4 is 16.4 Å². The molecule has 0 fully saturated rings. The molecular formula is C13H19N5. The number of hydrogen-bond donors (Lipinski definition) is 2. The number of nitrogens with two attached hydrogens (primary N) is 2. The highest BCUT2D eigenvalue weighted by Crippen LogP contribution is 2.37. The van der Waals surface area contributed by atoms with Crippen LogP contribution in [0.4, 0.5) is 11.5 Å². The predicted octanol–water partition coefficient (Wildman–Crippen LogP) is 1.18. The molecular weight excluding hydrogens is 226 g/mol. The molecule has 0 bridgehead atoms. The van der Waals surface area contributed by atoms with E-state index < -0.39 is 0 Å². The van der Waals surface area contributed by atoms with E-state index in [4.69, 9.17) is 11.5 Å². The summed E-state index contributed by atoms with van der Waals surface area (Å²) in [4.78, 5) is 10.5. The zero-order valence-electron chi connectivity index (χ0n) is 11.2. The summed E-state index contributed by atoms with van der Waals surface area (Å²) in [6.45, 7) is 3.99. The molecule has 2 rings (SSSR count). The van der Waals surface area contributed by atoms with Crippen LogP contribution in [0.15, 0.2) is 16.6 Å². The number of likely N-dealkylation sites (N-methyl/N-ethyl adjacent to an activating group) is 1. The lowest BCUT2D eigenvalue weighted by atomic mass is 9.94. The molecule has 0 spiro atoms. The van der Waals surface area contributed by atoms with Crippen LogP contribution >= 0.6 is 0 Å². The molecule has 0 saturated carbocycles. The number of fused-ring (bicyclic) bond motifs is 1. The fourth-order valence-corrected chi connectivity index (χ4v) is 2.37. The van der Waals surface area contributed by atoms with Gasteiger partial charge in [-0.2, -0.15) is 0 Å². The monoisotopic (exact) mass is 245 g/mol. The first-order valence-corrected chi connectivity index (χ1v) is 5.89. The Bertz CT molecular complexity index is 545. The van der Waals surface area contributed by atoms with Gasteiger partial charge in [-0.25, -0.2) is 4.98 Å². The Morgan fingerprint density at radius 1 is 1.44 bits per heavy atom. The summed E-state index contributed by atoms with van der Waals surface area (Å²) in [6, 6.07) is 2.10. The van der Waals surface area contributed by atoms with Crippen LogP contribution in [0.25, 0.3) is 5.70 Å². The van der Waals surface area contributed by atoms with Crippen molar-refractivity contribution in [1.82, 2.24) is 4.98 Å². The first-order valence-electron chi connectivity index (χ1n) is 5.89. The van der Waals surface area contributed by atoms with Gasteiger partial charge < -0.3 is 16.4 Å². The molecule has 4 N–H and O–H groups in total. The second kappa shape index (κ2) is 4.33. The molecule has 2 heterocycles. The number of nitrogens with zero attached hydrogens (tertiary/aromatic N) is 3. The molecule has 1 aliphatic rings. The molecule has 96 valence electrons. The van der Waals surface area contributed by atoms with Crippen molar-refractivity contribution >= 4 is 23.4 Å². The minimum Gasteiger partial charge on any atom is -0.398 e. The molecule has 0 aliphatic carbocycles. The van der Waals surface area contributed by atoms with Gasteiger partial charge >= 0.3 is 0 Å². The molecule has 1 unspecified atom stereocenters. The van der Waals surface area contributed by atoms with Crippen LogP contribution in [-0.4, -0.2) is 31.3 Å². The Morgan fingerprint density at radius 2 is 2.11 bits per heavy atom. The van der Waals surface area contributed by atoms with Crippen LogP contribution in [0, 0.1) is 6.92 Å². The summed E-state index contributed by atoms with van der Waals surface area (Å²) in [6.07, 6.45) is 1.81. The van der Waals surface area contributed by atoms with Crippen molar-refractivity contribution in [2.45, 2.75) is 19.9 Å². The van der Waals surface area contributed by atoms with Crippen LogP contribution in [0.1, 0.15) is 18.2 Å². The summed E-state index contributed by atoms with van der Waals surface area (Å²) in [5.74, 6) is 0.523. The lowest BCUT2D eigenvalue weighted by Crippen LogP contribution is -2.37. The van der Waals surface area contributed by atoms with Crippen molar-refractivity contribution in [2.75, 3.05) is 24.7 Å². The highest BCUT2D eigenvalue weighted by molar-refractivity contribution is 5.98. The molecule has 5 nitrogen and oxygen atoms in total. The number of nitrogen functional groups attached to an aromatic ring is 1. The van der Waals surface area contributed by atoms with E-state index in [1.807, 2.05) is 26.3 Å². The third kappa shape index (κ3) is 1.72. The molecule has 1 aromatic heterocycles. The molecule has 0 amide bonds. The maximum absolute atomic E-state index is 6.25. The van der Waals surface area contributed by atoms with E-state index in [9.17, 15) is 0 Å². The molecule has 18 heavy (non-hydrogen) atoms. The Balaban J connectivity index is 2.74. The number of anilines is 2. The molecule has 0 saturated heterocycles. The van der Waals surface area contributed by atoms with Crippen molar-refractivity contribution in [3.8, 4) is 0 Å². The first-order chi connectivity index (χ1) is 8.47. The zero-order valence-corrected chi connectivity index (χ0v) is 11.2. The van der Waals surface area contributed by atoms with Gasteiger partial charge in [0, 0.05) is 42.8 Å². The quantitative estimate of drug-likeness (QED) is 0.728. The number of aryl methyl sites for hydroxylation is 1. The SMILES string of the molecule is CN=CC1=C(N)c2cc(C)nc(N)c2N(C)C1C. The van der Waals surface area contributed by atoms with E-state index in [0.717, 1.165) is 28.2 Å². The van der Waals surface area contributed by atoms with Gasteiger partial charge in [0.05, 0.1) is 11.7 Å². The second-order valence-electron chi connectivity index (χ2n) is 4.59. The first kappa shape index (κ1) is 12.4. The van der Waals surface area contributed by atoms with Crippen LogP contribution in [0.3, 0.4) is 0 Å². The van der Waals surface area contributed by atoms with E-state index in [0.29, 0.717) is 5.82 Å². The van der Waals surface area contributed by atoms with E-state index >= 15 is 0 Å². The Labute approximate surface area is 107 Å². The van der Waals surface area contributed by atoms with Gasteiger partial charge in [0.1, 0.15) is 5.82 Å². The lowest BCUT2D eigenvalue weighted by molar-refractivity contribution is 0.792. The van der Waals surface area contributed by atoms with E-state index in [-0.39, 0.29) is 6.04 Å². The van der Waals surface area contributed by atoms with Crippen LogP contribution in [0.2, 0.25) is 0 Å². The summed E-state index contributed by atoms with van der Waals surface area (Å²) in [5.41, 5.74) is 16.7. The van der Waals surface area contributed by atoms with Gasteiger partial charge in [0.15, 0.2) is 0 Å². The number of pyridine rings is 1. The molecule has 1 aromatic rings. The second-order valence-corrected chi connectivity index (χ2v) is 4.59. The van der Waals surface area contributed by atoms with Crippen LogP contribution in [0.5, 0.6) is 0 Å². The number of rotatable bonds is 1. The molecule has 0 aromatic carbocycles. The van der Waals surface area contributed by atoms with Gasteiger partial charge in [0.25, 0.3) is 0 Å². The van der Waals surface area contributed by atoms with Gasteiger partial charge in [-0.15, -0.1) is 0 Å². The smallest absolute Gasteiger partial charge is 0.148 e. The normalized spacial score (nSPS) is 19.6. The molecule has 1 aliphatic heterocycles. The average molecular weight is 245 g/mol. The minimum atomic E-state index is 0.132. The minimum absolute atomic E-state index is 0.132. The maximum atomic E-state index is 6.25. The van der Waals surface area contributed by atoms with Crippen molar-refractivity contribution in [3.05, 3.63) is 22.9 Å². The maximum Gasteiger partial charge on any atom is 0.148 e. The number of aliphatic imine (C=N–C) groups is 1. The summed E-state index contributed by atoms with van der Waals surface area (Å²) in [7, 11) is 3.74. The average Bonchev–Trinajstić information content (AvgIpc) is 2.31. The highest BCUT2D eigenvalue weighted by atomic mass is 15.2. The standard InChI is InChI=1S/C13H19N5/c1-7-5-9-11(14)10(6-16-3)8(2)18(4)12(9)13(15)17-7/h5-6,8H,14H2,1-4H3,(H2,15,17). The largest absolute Gasteiger partial charge is 0.398 e. The molecule has 0 radical (unpaired) electrons. The van der Waals surface area contributed by atoms with Crippen molar-refractivity contribution in [1.29, 1.82) is 0 Å². The third-order valence-electron chi connectivity index (χ3n) is 3.40. The summed E-state index contributed by atoms with van der Waals surface area (Å²) < 4.78 is 0. The van der Waals surface area contributed by atoms with Gasteiger partial charge in [0.2, 0.25) is 0 Å². The van der Waals surface area contributed by atoms with E-state index in [1.54, 1.807) is 7.05 Å². The van der Waals surface area contributed by atoms with Gasteiger partial charge in [-0.3, -0.25) is 4.99 Å². The third-order valence-corrected chi connectivity index (χ3v) is 3.40. The van der Waals surface area contributed by atoms with Gasteiger partial charge in [-0.05, 0) is 19.9 Å². The van der Waals surface area contributed by atoms with Crippen LogP contribution in [-0.2, 0) is 0 Å². The van der Waals surface area contributed by atoms with E-state index in [2.05, 4.69) is 21.8 Å². The van der Waals surface area contributed by atoms with E-state index in [1.165, 1.54) is 0 Å². The van der Waals surface area contributed by atoms with Gasteiger partial charge in [-0.1, -0.05) is 0 Å². The Hall–Kier alpha value is -2.04. The number of aromatic nitrogens is 1. The Kier molecular flexibility index (Phi) is 2.98. The van der Waals surface area contributed by atoms with Crippen molar-refractivity contribution in [2.24, 2.45) is 10.7 Å².